The number of carbonyl (C=O) groups excluding carboxylic acids is 1. The summed E-state index contributed by atoms with van der Waals surface area (Å²) in [7, 11) is 0. The Balaban J connectivity index is 1.83. The Bertz CT molecular complexity index is 1410. The number of thiazole rings is 1. The van der Waals surface area contributed by atoms with Gasteiger partial charge in [-0.1, -0.05) is 6.07 Å². The van der Waals surface area contributed by atoms with Gasteiger partial charge < -0.3 is 4.90 Å². The number of carbonyl (C=O) groups is 1. The quantitative estimate of drug-likeness (QED) is 0.428. The van der Waals surface area contributed by atoms with Gasteiger partial charge in [-0.2, -0.15) is 5.10 Å². The van der Waals surface area contributed by atoms with E-state index in [4.69, 9.17) is 0 Å². The van der Waals surface area contributed by atoms with Gasteiger partial charge in [0.2, 0.25) is 5.91 Å². The smallest absolute Gasteiger partial charge is 0.268 e. The molecule has 1 aromatic carbocycles. The van der Waals surface area contributed by atoms with Gasteiger partial charge in [-0.15, -0.1) is 11.3 Å². The first-order valence-corrected chi connectivity index (χ1v) is 11.7. The van der Waals surface area contributed by atoms with Crippen molar-refractivity contribution < 1.29 is 9.18 Å². The van der Waals surface area contributed by atoms with Crippen molar-refractivity contribution in [1.29, 1.82) is 0 Å². The van der Waals surface area contributed by atoms with Crippen molar-refractivity contribution in [3.8, 4) is 16.9 Å². The molecule has 0 fully saturated rings. The van der Waals surface area contributed by atoms with Crippen LogP contribution in [0.4, 0.5) is 4.39 Å². The third-order valence-corrected chi connectivity index (χ3v) is 6.69. The van der Waals surface area contributed by atoms with Crippen molar-refractivity contribution in [2.45, 2.75) is 41.0 Å². The zero-order chi connectivity index (χ0) is 23.9. The lowest BCUT2D eigenvalue weighted by atomic mass is 10.1. The number of halogens is 1. The summed E-state index contributed by atoms with van der Waals surface area (Å²) >= 11 is 1.34. The molecule has 0 saturated carbocycles. The Hall–Kier alpha value is -3.33. The number of likely N-dealkylation sites (N-methyl/N-ethyl adjacent to an activating group) is 1. The van der Waals surface area contributed by atoms with Gasteiger partial charge >= 0.3 is 0 Å². The lowest BCUT2D eigenvalue weighted by molar-refractivity contribution is -0.130. The third kappa shape index (κ3) is 4.08. The van der Waals surface area contributed by atoms with Crippen LogP contribution in [-0.2, 0) is 11.2 Å². The monoisotopic (exact) mass is 467 g/mol. The number of aryl methyl sites for hydroxylation is 3. The molecule has 0 atom stereocenters. The van der Waals surface area contributed by atoms with Gasteiger partial charge in [0.25, 0.3) is 5.56 Å². The SMILES string of the molecule is CCN(CC)C(=O)Cc1csc2nc(C)c(-c3cc(C)n(-c4cc(F)ccc4C)n3)c(=O)n12. The molecule has 0 radical (unpaired) electrons. The molecule has 1 amide bonds. The fourth-order valence-electron chi connectivity index (χ4n) is 4.02. The highest BCUT2D eigenvalue weighted by Crippen LogP contribution is 2.25. The van der Waals surface area contributed by atoms with Gasteiger partial charge in [0.05, 0.1) is 23.4 Å². The van der Waals surface area contributed by atoms with Crippen LogP contribution in [0.2, 0.25) is 0 Å². The largest absolute Gasteiger partial charge is 0.343 e. The molecule has 3 aromatic heterocycles. The van der Waals surface area contributed by atoms with Crippen LogP contribution in [0.1, 0.15) is 36.5 Å². The van der Waals surface area contributed by atoms with Gasteiger partial charge in [0.1, 0.15) is 11.5 Å². The third-order valence-electron chi connectivity index (χ3n) is 5.81. The summed E-state index contributed by atoms with van der Waals surface area (Å²) < 4.78 is 17.0. The van der Waals surface area contributed by atoms with E-state index in [2.05, 4.69) is 10.1 Å². The molecular formula is C24H26FN5O2S. The van der Waals surface area contributed by atoms with Crippen molar-refractivity contribution >= 4 is 22.2 Å². The summed E-state index contributed by atoms with van der Waals surface area (Å²) in [6.07, 6.45) is 0.127. The normalized spacial score (nSPS) is 11.3. The van der Waals surface area contributed by atoms with Crippen LogP contribution >= 0.6 is 11.3 Å². The van der Waals surface area contributed by atoms with Crippen molar-refractivity contribution in [1.82, 2.24) is 24.1 Å². The van der Waals surface area contributed by atoms with Gasteiger partial charge in [0.15, 0.2) is 4.96 Å². The topological polar surface area (TPSA) is 72.5 Å². The number of hydrogen-bond donors (Lipinski definition) is 0. The Morgan fingerprint density at radius 1 is 1.15 bits per heavy atom. The molecular weight excluding hydrogens is 441 g/mol. The molecule has 172 valence electrons. The Labute approximate surface area is 195 Å². The highest BCUT2D eigenvalue weighted by molar-refractivity contribution is 7.15. The predicted octanol–water partition coefficient (Wildman–Crippen LogP) is 4.08. The maximum Gasteiger partial charge on any atom is 0.268 e. The van der Waals surface area contributed by atoms with Gasteiger partial charge in [-0.25, -0.2) is 14.1 Å². The minimum atomic E-state index is -0.354. The van der Waals surface area contributed by atoms with E-state index in [1.807, 2.05) is 33.1 Å². The molecule has 33 heavy (non-hydrogen) atoms. The zero-order valence-corrected chi connectivity index (χ0v) is 20.2. The Kier molecular flexibility index (Phi) is 6.16. The van der Waals surface area contributed by atoms with Crippen LogP contribution in [0.25, 0.3) is 21.9 Å². The molecule has 0 bridgehead atoms. The number of rotatable bonds is 6. The molecule has 0 aliphatic rings. The predicted molar refractivity (Wildman–Crippen MR) is 128 cm³/mol. The van der Waals surface area contributed by atoms with Crippen molar-refractivity contribution in [2.24, 2.45) is 0 Å². The minimum Gasteiger partial charge on any atom is -0.343 e. The van der Waals surface area contributed by atoms with Gasteiger partial charge in [0, 0.05) is 29.9 Å². The molecule has 0 N–H and O–H groups in total. The van der Waals surface area contributed by atoms with E-state index < -0.39 is 0 Å². The van der Waals surface area contributed by atoms with E-state index in [0.717, 1.165) is 11.3 Å². The number of hydrogen-bond acceptors (Lipinski definition) is 5. The van der Waals surface area contributed by atoms with Crippen molar-refractivity contribution in [2.75, 3.05) is 13.1 Å². The summed E-state index contributed by atoms with van der Waals surface area (Å²) in [4.78, 5) is 33.2. The van der Waals surface area contributed by atoms with Gasteiger partial charge in [-0.05, 0) is 58.4 Å². The maximum absolute atomic E-state index is 13.9. The van der Waals surface area contributed by atoms with Crippen molar-refractivity contribution in [3.63, 3.8) is 0 Å². The van der Waals surface area contributed by atoms with E-state index in [1.165, 1.54) is 27.9 Å². The van der Waals surface area contributed by atoms with E-state index >= 15 is 0 Å². The standard InChI is InChI=1S/C24H26FN5O2S/c1-6-28(7-2)21(31)12-18-13-33-24-26-16(5)22(23(32)29(18)24)19-10-15(4)30(27-19)20-11-17(25)9-8-14(20)3/h8-11,13H,6-7,12H2,1-5H3. The molecule has 0 spiro atoms. The van der Waals surface area contributed by atoms with Crippen LogP contribution in [-0.4, -0.2) is 43.1 Å². The van der Waals surface area contributed by atoms with E-state index in [-0.39, 0.29) is 23.7 Å². The molecule has 0 aliphatic carbocycles. The highest BCUT2D eigenvalue weighted by atomic mass is 32.1. The van der Waals surface area contributed by atoms with Gasteiger partial charge in [-0.3, -0.25) is 14.0 Å². The number of fused-ring (bicyclic) bond motifs is 1. The van der Waals surface area contributed by atoms with E-state index in [0.29, 0.717) is 46.4 Å². The van der Waals surface area contributed by atoms with Crippen LogP contribution < -0.4 is 5.56 Å². The van der Waals surface area contributed by atoms with Crippen LogP contribution in [0.5, 0.6) is 0 Å². The average Bonchev–Trinajstić information content (AvgIpc) is 3.34. The summed E-state index contributed by atoms with van der Waals surface area (Å²) in [6, 6.07) is 6.33. The van der Waals surface area contributed by atoms with E-state index in [1.54, 1.807) is 28.6 Å². The molecule has 3 heterocycles. The first-order valence-electron chi connectivity index (χ1n) is 10.9. The molecule has 0 saturated heterocycles. The van der Waals surface area contributed by atoms with Crippen LogP contribution in [0.15, 0.2) is 34.4 Å². The Morgan fingerprint density at radius 3 is 2.58 bits per heavy atom. The average molecular weight is 468 g/mol. The van der Waals surface area contributed by atoms with Crippen LogP contribution in [0, 0.1) is 26.6 Å². The number of aromatic nitrogens is 4. The molecule has 4 aromatic rings. The second-order valence-corrected chi connectivity index (χ2v) is 8.82. The fourth-order valence-corrected chi connectivity index (χ4v) is 4.94. The zero-order valence-electron chi connectivity index (χ0n) is 19.3. The lowest BCUT2D eigenvalue weighted by Crippen LogP contribution is -2.32. The number of nitrogens with zero attached hydrogens (tertiary/aromatic N) is 5. The number of amides is 1. The summed E-state index contributed by atoms with van der Waals surface area (Å²) in [5, 5.41) is 6.45. The summed E-state index contributed by atoms with van der Waals surface area (Å²) in [5.74, 6) is -0.386. The highest BCUT2D eigenvalue weighted by Gasteiger charge is 2.21. The second-order valence-electron chi connectivity index (χ2n) is 7.98. The first kappa shape index (κ1) is 22.8. The molecule has 7 nitrogen and oxygen atoms in total. The van der Waals surface area contributed by atoms with E-state index in [9.17, 15) is 14.0 Å². The molecule has 9 heteroatoms. The maximum atomic E-state index is 13.9. The van der Waals surface area contributed by atoms with Crippen LogP contribution in [0.3, 0.4) is 0 Å². The second kappa shape index (κ2) is 8.90. The first-order chi connectivity index (χ1) is 15.7. The fraction of sp³-hybridized carbons (Fsp3) is 0.333. The molecule has 0 unspecified atom stereocenters. The van der Waals surface area contributed by atoms with Crippen molar-refractivity contribution in [3.05, 3.63) is 68.5 Å². The molecule has 4 rings (SSSR count). The lowest BCUT2D eigenvalue weighted by Gasteiger charge is -2.18. The summed E-state index contributed by atoms with van der Waals surface area (Å²) in [5.41, 5.74) is 4.00. The molecule has 0 aliphatic heterocycles. The minimum absolute atomic E-state index is 0.0320. The number of benzene rings is 1. The Morgan fingerprint density at radius 2 is 1.88 bits per heavy atom. The summed E-state index contributed by atoms with van der Waals surface area (Å²) in [6.45, 7) is 10.6.